The lowest BCUT2D eigenvalue weighted by atomic mass is 10.2. The number of thioether (sulfide) groups is 1. The number of nitrogens with zero attached hydrogens (tertiary/aromatic N) is 4. The van der Waals surface area contributed by atoms with E-state index in [-0.39, 0.29) is 0 Å². The van der Waals surface area contributed by atoms with Crippen LogP contribution in [0.4, 0.5) is 10.1 Å². The third-order valence-electron chi connectivity index (χ3n) is 4.18. The van der Waals surface area contributed by atoms with E-state index in [4.69, 9.17) is 4.42 Å². The number of aryl methyl sites for hydroxylation is 1. The summed E-state index contributed by atoms with van der Waals surface area (Å²) in [5.74, 6) is 0.0106. The first-order valence-corrected chi connectivity index (χ1v) is 9.86. The second-order valence-corrected chi connectivity index (χ2v) is 6.86. The molecule has 0 atom stereocenters. The van der Waals surface area contributed by atoms with Crippen LogP contribution >= 0.6 is 11.8 Å². The van der Waals surface area contributed by atoms with Crippen LogP contribution in [0.3, 0.4) is 0 Å². The van der Waals surface area contributed by atoms with Gasteiger partial charge in [-0.05, 0) is 49.6 Å². The van der Waals surface area contributed by atoms with Crippen LogP contribution in [0.25, 0.3) is 17.3 Å². The highest BCUT2D eigenvalue weighted by atomic mass is 32.2. The zero-order chi connectivity index (χ0) is 20.4. The molecule has 0 saturated carbocycles. The van der Waals surface area contributed by atoms with Gasteiger partial charge in [-0.1, -0.05) is 0 Å². The van der Waals surface area contributed by atoms with Crippen LogP contribution in [0.15, 0.2) is 64.5 Å². The Bertz CT molecular complexity index is 1160. The summed E-state index contributed by atoms with van der Waals surface area (Å²) in [5.41, 5.74) is 1.45. The van der Waals surface area contributed by atoms with Crippen molar-refractivity contribution in [1.82, 2.24) is 19.7 Å². The van der Waals surface area contributed by atoms with Crippen LogP contribution < -0.4 is 5.32 Å². The maximum absolute atomic E-state index is 14.4. The smallest absolute Gasteiger partial charge is 0.260 e. The Kier molecular flexibility index (Phi) is 5.13. The first kappa shape index (κ1) is 18.9. The van der Waals surface area contributed by atoms with Crippen molar-refractivity contribution in [1.29, 1.82) is 0 Å². The van der Waals surface area contributed by atoms with E-state index >= 15 is 0 Å². The van der Waals surface area contributed by atoms with E-state index in [0.717, 1.165) is 0 Å². The highest BCUT2D eigenvalue weighted by molar-refractivity contribution is 7.98. The fraction of sp³-hybridized carbons (Fsp3) is 0.100. The SMILES string of the molecule is CSc1nc(-c2ccco2)nc(C)c1C(=O)Nc1ccc(-n2cccn2)c(F)c1. The van der Waals surface area contributed by atoms with Gasteiger partial charge in [-0.15, -0.1) is 11.8 Å². The molecule has 0 fully saturated rings. The van der Waals surface area contributed by atoms with Crippen molar-refractivity contribution in [3.63, 3.8) is 0 Å². The van der Waals surface area contributed by atoms with E-state index in [9.17, 15) is 9.18 Å². The molecule has 0 bridgehead atoms. The van der Waals surface area contributed by atoms with Crippen molar-refractivity contribution in [2.75, 3.05) is 11.6 Å². The Morgan fingerprint density at radius 2 is 2.10 bits per heavy atom. The average Bonchev–Trinajstić information content (AvgIpc) is 3.41. The molecule has 4 aromatic rings. The number of carbonyl (C=O) groups excluding carboxylic acids is 1. The summed E-state index contributed by atoms with van der Waals surface area (Å²) in [6, 6.07) is 9.62. The van der Waals surface area contributed by atoms with Crippen molar-refractivity contribution < 1.29 is 13.6 Å². The van der Waals surface area contributed by atoms with Gasteiger partial charge in [0, 0.05) is 18.1 Å². The number of anilines is 1. The molecule has 29 heavy (non-hydrogen) atoms. The molecule has 3 aromatic heterocycles. The number of amides is 1. The van der Waals surface area contributed by atoms with E-state index in [0.29, 0.717) is 39.2 Å². The summed E-state index contributed by atoms with van der Waals surface area (Å²) in [6.45, 7) is 1.73. The fourth-order valence-corrected chi connectivity index (χ4v) is 3.47. The topological polar surface area (TPSA) is 85.8 Å². The van der Waals surface area contributed by atoms with Crippen molar-refractivity contribution in [3.8, 4) is 17.3 Å². The fourth-order valence-electron chi connectivity index (χ4n) is 2.85. The van der Waals surface area contributed by atoms with Gasteiger partial charge >= 0.3 is 0 Å². The van der Waals surface area contributed by atoms with Crippen LogP contribution in [0, 0.1) is 12.7 Å². The lowest BCUT2D eigenvalue weighted by Crippen LogP contribution is -2.17. The van der Waals surface area contributed by atoms with E-state index in [1.54, 1.807) is 49.6 Å². The summed E-state index contributed by atoms with van der Waals surface area (Å²) in [5, 5.41) is 7.24. The first-order valence-electron chi connectivity index (χ1n) is 8.64. The van der Waals surface area contributed by atoms with Gasteiger partial charge in [0.05, 0.1) is 17.5 Å². The van der Waals surface area contributed by atoms with Crippen LogP contribution in [-0.2, 0) is 0 Å². The molecule has 0 aliphatic heterocycles. The molecule has 0 unspecified atom stereocenters. The van der Waals surface area contributed by atoms with Crippen molar-refractivity contribution in [2.45, 2.75) is 11.9 Å². The highest BCUT2D eigenvalue weighted by Crippen LogP contribution is 2.26. The molecule has 0 aliphatic carbocycles. The van der Waals surface area contributed by atoms with E-state index < -0.39 is 11.7 Å². The zero-order valence-corrected chi connectivity index (χ0v) is 16.4. The number of rotatable bonds is 5. The van der Waals surface area contributed by atoms with Crippen molar-refractivity contribution >= 4 is 23.4 Å². The van der Waals surface area contributed by atoms with Gasteiger partial charge in [0.15, 0.2) is 17.4 Å². The van der Waals surface area contributed by atoms with Gasteiger partial charge in [-0.3, -0.25) is 4.79 Å². The maximum atomic E-state index is 14.4. The largest absolute Gasteiger partial charge is 0.461 e. The lowest BCUT2D eigenvalue weighted by molar-refractivity contribution is 0.102. The van der Waals surface area contributed by atoms with Crippen LogP contribution in [0.2, 0.25) is 0 Å². The normalized spacial score (nSPS) is 10.9. The summed E-state index contributed by atoms with van der Waals surface area (Å²) >= 11 is 1.32. The molecule has 1 N–H and O–H groups in total. The van der Waals surface area contributed by atoms with Gasteiger partial charge in [0.25, 0.3) is 5.91 Å². The summed E-state index contributed by atoms with van der Waals surface area (Å²) in [7, 11) is 0. The highest BCUT2D eigenvalue weighted by Gasteiger charge is 2.20. The minimum absolute atomic E-state index is 0.292. The van der Waals surface area contributed by atoms with Gasteiger partial charge in [-0.25, -0.2) is 19.0 Å². The Morgan fingerprint density at radius 3 is 2.76 bits per heavy atom. The van der Waals surface area contributed by atoms with Crippen LogP contribution in [0.5, 0.6) is 0 Å². The number of nitrogens with one attached hydrogen (secondary N) is 1. The predicted octanol–water partition coefficient (Wildman–Crippen LogP) is 4.34. The molecule has 1 aromatic carbocycles. The number of halogens is 1. The van der Waals surface area contributed by atoms with Crippen molar-refractivity contribution in [3.05, 3.63) is 72.1 Å². The molecule has 0 saturated heterocycles. The van der Waals surface area contributed by atoms with Crippen LogP contribution in [0.1, 0.15) is 16.1 Å². The Labute approximate surface area is 170 Å². The lowest BCUT2D eigenvalue weighted by Gasteiger charge is -2.12. The molecule has 4 rings (SSSR count). The molecule has 1 amide bonds. The van der Waals surface area contributed by atoms with Gasteiger partial charge in [0.2, 0.25) is 0 Å². The van der Waals surface area contributed by atoms with Gasteiger partial charge < -0.3 is 9.73 Å². The predicted molar refractivity (Wildman–Crippen MR) is 108 cm³/mol. The first-order chi connectivity index (χ1) is 14.1. The summed E-state index contributed by atoms with van der Waals surface area (Å²) < 4.78 is 21.2. The quantitative estimate of drug-likeness (QED) is 0.390. The minimum Gasteiger partial charge on any atom is -0.461 e. The molecule has 7 nitrogen and oxygen atoms in total. The number of furan rings is 1. The molecule has 146 valence electrons. The molecule has 0 spiro atoms. The molecular formula is C20H16FN5O2S. The standard InChI is InChI=1S/C20H16FN5O2S/c1-12-17(20(29-2)25-18(23-12)16-5-3-10-28-16)19(27)24-13-6-7-15(14(21)11-13)26-9-4-8-22-26/h3-11H,1-2H3,(H,24,27). The third kappa shape index (κ3) is 3.77. The monoisotopic (exact) mass is 409 g/mol. The van der Waals surface area contributed by atoms with E-state index in [2.05, 4.69) is 20.4 Å². The summed E-state index contributed by atoms with van der Waals surface area (Å²) in [6.07, 6.45) is 6.56. The number of benzene rings is 1. The second kappa shape index (κ2) is 7.88. The van der Waals surface area contributed by atoms with Crippen molar-refractivity contribution in [2.24, 2.45) is 0 Å². The Hall–Kier alpha value is -3.46. The Balaban J connectivity index is 1.62. The average molecular weight is 409 g/mol. The van der Waals surface area contributed by atoms with Gasteiger partial charge in [-0.2, -0.15) is 5.10 Å². The number of hydrogen-bond acceptors (Lipinski definition) is 6. The Morgan fingerprint density at radius 1 is 1.24 bits per heavy atom. The number of hydrogen-bond donors (Lipinski definition) is 1. The number of aromatic nitrogens is 4. The van der Waals surface area contributed by atoms with Crippen LogP contribution in [-0.4, -0.2) is 31.9 Å². The third-order valence-corrected chi connectivity index (χ3v) is 4.86. The molecular weight excluding hydrogens is 393 g/mol. The molecule has 9 heteroatoms. The second-order valence-electron chi connectivity index (χ2n) is 6.07. The number of carbonyl (C=O) groups is 1. The molecule has 3 heterocycles. The molecule has 0 radical (unpaired) electrons. The van der Waals surface area contributed by atoms with E-state index in [1.807, 2.05) is 6.26 Å². The molecule has 0 aliphatic rings. The zero-order valence-electron chi connectivity index (χ0n) is 15.6. The minimum atomic E-state index is -0.502. The van der Waals surface area contributed by atoms with Gasteiger partial charge in [0.1, 0.15) is 10.7 Å². The summed E-state index contributed by atoms with van der Waals surface area (Å²) in [4.78, 5) is 21.7. The maximum Gasteiger partial charge on any atom is 0.260 e. The van der Waals surface area contributed by atoms with E-state index in [1.165, 1.54) is 28.8 Å².